The van der Waals surface area contributed by atoms with E-state index in [-0.39, 0.29) is 12.5 Å². The van der Waals surface area contributed by atoms with Crippen molar-refractivity contribution in [3.63, 3.8) is 0 Å². The van der Waals surface area contributed by atoms with Gasteiger partial charge in [0.05, 0.1) is 23.8 Å². The highest BCUT2D eigenvalue weighted by Gasteiger charge is 2.20. The molecule has 1 saturated heterocycles. The van der Waals surface area contributed by atoms with Crippen LogP contribution in [0.4, 0.5) is 0 Å². The Kier molecular flexibility index (Phi) is 6.90. The van der Waals surface area contributed by atoms with Crippen molar-refractivity contribution in [3.8, 4) is 11.5 Å². The third-order valence-corrected chi connectivity index (χ3v) is 4.38. The number of halogens is 1. The van der Waals surface area contributed by atoms with Crippen molar-refractivity contribution in [2.75, 3.05) is 33.4 Å². The number of amides is 1. The summed E-state index contributed by atoms with van der Waals surface area (Å²) in [7, 11) is 1.50. The summed E-state index contributed by atoms with van der Waals surface area (Å²) in [6, 6.07) is 3.14. The summed E-state index contributed by atoms with van der Waals surface area (Å²) in [5.41, 5.74) is 0.300. The van der Waals surface area contributed by atoms with Gasteiger partial charge < -0.3 is 19.1 Å². The minimum Gasteiger partial charge on any atom is -0.493 e. The Hall–Kier alpha value is -1.76. The van der Waals surface area contributed by atoms with E-state index < -0.39 is 5.97 Å². The molecule has 0 radical (unpaired) electrons. The van der Waals surface area contributed by atoms with Gasteiger partial charge in [0, 0.05) is 13.1 Å². The van der Waals surface area contributed by atoms with Gasteiger partial charge in [-0.2, -0.15) is 0 Å². The predicted molar refractivity (Wildman–Crippen MR) is 92.6 cm³/mol. The van der Waals surface area contributed by atoms with Crippen molar-refractivity contribution in [3.05, 3.63) is 22.2 Å². The van der Waals surface area contributed by atoms with Crippen molar-refractivity contribution >= 4 is 27.8 Å². The van der Waals surface area contributed by atoms with Gasteiger partial charge in [-0.25, -0.2) is 4.79 Å². The molecule has 1 aromatic carbocycles. The second-order valence-electron chi connectivity index (χ2n) is 5.44. The lowest BCUT2D eigenvalue weighted by Gasteiger charge is -2.26. The maximum absolute atomic E-state index is 12.2. The number of benzene rings is 1. The Morgan fingerprint density at radius 2 is 1.92 bits per heavy atom. The van der Waals surface area contributed by atoms with Gasteiger partial charge in [0.2, 0.25) is 0 Å². The average molecular weight is 400 g/mol. The number of piperidine rings is 1. The number of rotatable bonds is 6. The van der Waals surface area contributed by atoms with E-state index in [9.17, 15) is 9.59 Å². The van der Waals surface area contributed by atoms with Crippen LogP contribution < -0.4 is 9.47 Å². The van der Waals surface area contributed by atoms with E-state index in [0.717, 1.165) is 32.4 Å². The number of hydrogen-bond donors (Lipinski definition) is 0. The Bertz CT molecular complexity index is 599. The molecule has 1 aromatic rings. The van der Waals surface area contributed by atoms with E-state index >= 15 is 0 Å². The molecule has 0 atom stereocenters. The molecule has 1 aliphatic rings. The smallest absolute Gasteiger partial charge is 0.338 e. The standard InChI is InChI=1S/C17H22BrNO5/c1-3-23-16-13(18)9-12(10-14(16)22-2)17(21)24-11-15(20)19-7-5-4-6-8-19/h9-10H,3-8,11H2,1-2H3. The highest BCUT2D eigenvalue weighted by molar-refractivity contribution is 9.10. The number of nitrogens with zero attached hydrogens (tertiary/aromatic N) is 1. The number of methoxy groups -OCH3 is 1. The molecule has 0 bridgehead atoms. The zero-order valence-corrected chi connectivity index (χ0v) is 15.6. The molecular weight excluding hydrogens is 378 g/mol. The van der Waals surface area contributed by atoms with Gasteiger partial charge in [0.25, 0.3) is 5.91 Å². The summed E-state index contributed by atoms with van der Waals surface area (Å²) >= 11 is 3.36. The van der Waals surface area contributed by atoms with Gasteiger partial charge in [-0.1, -0.05) is 0 Å². The zero-order valence-electron chi connectivity index (χ0n) is 14.0. The number of likely N-dealkylation sites (tertiary alicyclic amines) is 1. The molecule has 6 nitrogen and oxygen atoms in total. The second kappa shape index (κ2) is 8.92. The van der Waals surface area contributed by atoms with Crippen molar-refractivity contribution < 1.29 is 23.8 Å². The van der Waals surface area contributed by atoms with E-state index in [4.69, 9.17) is 14.2 Å². The molecule has 7 heteroatoms. The largest absolute Gasteiger partial charge is 0.493 e. The third-order valence-electron chi connectivity index (χ3n) is 3.79. The lowest BCUT2D eigenvalue weighted by atomic mass is 10.1. The van der Waals surface area contributed by atoms with Crippen molar-refractivity contribution in [2.24, 2.45) is 0 Å². The summed E-state index contributed by atoms with van der Waals surface area (Å²) in [6.07, 6.45) is 3.15. The van der Waals surface area contributed by atoms with Crippen LogP contribution in [0.3, 0.4) is 0 Å². The van der Waals surface area contributed by atoms with Crippen LogP contribution >= 0.6 is 15.9 Å². The fourth-order valence-corrected chi connectivity index (χ4v) is 3.12. The van der Waals surface area contributed by atoms with Crippen LogP contribution in [-0.4, -0.2) is 50.2 Å². The van der Waals surface area contributed by atoms with E-state index in [2.05, 4.69) is 15.9 Å². The van der Waals surface area contributed by atoms with Gasteiger partial charge in [0.15, 0.2) is 18.1 Å². The summed E-state index contributed by atoms with van der Waals surface area (Å²) in [5, 5.41) is 0. The summed E-state index contributed by atoms with van der Waals surface area (Å²) in [6.45, 7) is 3.56. The monoisotopic (exact) mass is 399 g/mol. The van der Waals surface area contributed by atoms with Crippen LogP contribution in [0.2, 0.25) is 0 Å². The number of hydrogen-bond acceptors (Lipinski definition) is 5. The first kappa shape index (κ1) is 18.6. The number of carbonyl (C=O) groups excluding carboxylic acids is 2. The molecule has 1 aliphatic heterocycles. The van der Waals surface area contributed by atoms with Gasteiger partial charge in [0.1, 0.15) is 0 Å². The first-order valence-corrected chi connectivity index (χ1v) is 8.81. The molecule has 24 heavy (non-hydrogen) atoms. The Morgan fingerprint density at radius 3 is 2.54 bits per heavy atom. The van der Waals surface area contributed by atoms with Crippen molar-refractivity contribution in [1.29, 1.82) is 0 Å². The molecule has 2 rings (SSSR count). The molecule has 0 spiro atoms. The minimum atomic E-state index is -0.567. The second-order valence-corrected chi connectivity index (χ2v) is 6.29. The Morgan fingerprint density at radius 1 is 1.21 bits per heavy atom. The molecule has 1 amide bonds. The van der Waals surface area contributed by atoms with E-state index in [1.807, 2.05) is 6.92 Å². The molecule has 0 N–H and O–H groups in total. The van der Waals surface area contributed by atoms with E-state index in [1.54, 1.807) is 17.0 Å². The summed E-state index contributed by atoms with van der Waals surface area (Å²) in [5.74, 6) is 0.240. The Labute approximate surface area is 150 Å². The molecule has 1 heterocycles. The predicted octanol–water partition coefficient (Wildman–Crippen LogP) is 3.03. The van der Waals surface area contributed by atoms with E-state index in [0.29, 0.717) is 28.1 Å². The first-order chi connectivity index (χ1) is 11.6. The molecule has 0 aromatic heterocycles. The molecule has 0 saturated carbocycles. The van der Waals surface area contributed by atoms with Crippen molar-refractivity contribution in [2.45, 2.75) is 26.2 Å². The molecule has 132 valence electrons. The molecular formula is C17H22BrNO5. The molecule has 0 unspecified atom stereocenters. The Balaban J connectivity index is 2.01. The van der Waals surface area contributed by atoms with Crippen molar-refractivity contribution in [1.82, 2.24) is 4.90 Å². The van der Waals surface area contributed by atoms with Gasteiger partial charge in [-0.15, -0.1) is 0 Å². The number of ether oxygens (including phenoxy) is 3. The highest BCUT2D eigenvalue weighted by atomic mass is 79.9. The minimum absolute atomic E-state index is 0.153. The summed E-state index contributed by atoms with van der Waals surface area (Å²) in [4.78, 5) is 26.0. The first-order valence-electron chi connectivity index (χ1n) is 8.02. The lowest BCUT2D eigenvalue weighted by Crippen LogP contribution is -2.38. The van der Waals surface area contributed by atoms with Crippen LogP contribution in [0.1, 0.15) is 36.5 Å². The van der Waals surface area contributed by atoms with Gasteiger partial charge >= 0.3 is 5.97 Å². The highest BCUT2D eigenvalue weighted by Crippen LogP contribution is 2.36. The fourth-order valence-electron chi connectivity index (χ4n) is 2.57. The summed E-state index contributed by atoms with van der Waals surface area (Å²) < 4.78 is 16.5. The maximum atomic E-state index is 12.2. The normalized spacial score (nSPS) is 14.2. The van der Waals surface area contributed by atoms with Crippen LogP contribution in [0, 0.1) is 0 Å². The quantitative estimate of drug-likeness (QED) is 0.687. The average Bonchev–Trinajstić information content (AvgIpc) is 2.61. The maximum Gasteiger partial charge on any atom is 0.338 e. The van der Waals surface area contributed by atoms with E-state index in [1.165, 1.54) is 7.11 Å². The fraction of sp³-hybridized carbons (Fsp3) is 0.529. The SMILES string of the molecule is CCOc1c(Br)cc(C(=O)OCC(=O)N2CCCCC2)cc1OC. The van der Waals surface area contributed by atoms with Gasteiger partial charge in [-0.3, -0.25) is 4.79 Å². The number of carbonyl (C=O) groups is 2. The number of esters is 1. The zero-order chi connectivity index (χ0) is 17.5. The third kappa shape index (κ3) is 4.63. The van der Waals surface area contributed by atoms with Gasteiger partial charge in [-0.05, 0) is 54.2 Å². The van der Waals surface area contributed by atoms with Crippen LogP contribution in [0.25, 0.3) is 0 Å². The van der Waals surface area contributed by atoms with Crippen LogP contribution in [-0.2, 0) is 9.53 Å². The molecule has 0 aliphatic carbocycles. The molecule has 1 fully saturated rings. The van der Waals surface area contributed by atoms with Crippen LogP contribution in [0.5, 0.6) is 11.5 Å². The lowest BCUT2D eigenvalue weighted by molar-refractivity contribution is -0.135. The topological polar surface area (TPSA) is 65.1 Å². The van der Waals surface area contributed by atoms with Crippen LogP contribution in [0.15, 0.2) is 16.6 Å².